The molecule has 0 bridgehead atoms. The molecule has 166 valence electrons. The summed E-state index contributed by atoms with van der Waals surface area (Å²) in [4.78, 5) is 19.5. The number of nitrogens with zero attached hydrogens (tertiary/aromatic N) is 1. The largest absolute Gasteiger partial charge is 0.322 e. The van der Waals surface area contributed by atoms with Crippen LogP contribution in [0.2, 0.25) is 5.02 Å². The molecular weight excluding hydrogens is 551 g/mol. The lowest BCUT2D eigenvalue weighted by Gasteiger charge is -2.33. The molecule has 4 rings (SSSR count). The Morgan fingerprint density at radius 1 is 1.16 bits per heavy atom. The van der Waals surface area contributed by atoms with E-state index in [9.17, 15) is 4.79 Å². The van der Waals surface area contributed by atoms with Crippen LogP contribution in [0.3, 0.4) is 0 Å². The lowest BCUT2D eigenvalue weighted by atomic mass is 9.72. The maximum Gasteiger partial charge on any atom is 0.259 e. The Kier molecular flexibility index (Phi) is 7.08. The van der Waals surface area contributed by atoms with Gasteiger partial charge in [-0.25, -0.2) is 4.99 Å². The molecule has 1 amide bonds. The van der Waals surface area contributed by atoms with Crippen LogP contribution in [0.4, 0.5) is 10.7 Å². The van der Waals surface area contributed by atoms with E-state index in [0.29, 0.717) is 16.5 Å². The molecule has 1 atom stereocenters. The molecule has 0 saturated heterocycles. The van der Waals surface area contributed by atoms with Crippen LogP contribution >= 0.6 is 45.5 Å². The van der Waals surface area contributed by atoms with Crippen molar-refractivity contribution in [2.24, 2.45) is 16.3 Å². The summed E-state index contributed by atoms with van der Waals surface area (Å²) in [5.74, 6) is 0.502. The van der Waals surface area contributed by atoms with Crippen LogP contribution in [0.5, 0.6) is 0 Å². The third-order valence-corrected chi connectivity index (χ3v) is 8.13. The summed E-state index contributed by atoms with van der Waals surface area (Å²) in [6, 6.07) is 15.4. The fourth-order valence-electron chi connectivity index (χ4n) is 4.04. The van der Waals surface area contributed by atoms with E-state index >= 15 is 0 Å². The first-order valence-electron chi connectivity index (χ1n) is 10.7. The van der Waals surface area contributed by atoms with E-state index in [1.54, 1.807) is 23.5 Å². The molecule has 1 aliphatic rings. The topological polar surface area (TPSA) is 41.5 Å². The molecule has 0 unspecified atom stereocenters. The molecule has 32 heavy (non-hydrogen) atoms. The van der Waals surface area contributed by atoms with Gasteiger partial charge in [-0.1, -0.05) is 44.5 Å². The van der Waals surface area contributed by atoms with Crippen LogP contribution in [0, 0.1) is 14.9 Å². The van der Waals surface area contributed by atoms with E-state index in [-0.39, 0.29) is 11.3 Å². The van der Waals surface area contributed by atoms with Crippen LogP contribution in [0.1, 0.15) is 53.6 Å². The monoisotopic (exact) mass is 576 g/mol. The van der Waals surface area contributed by atoms with Gasteiger partial charge in [0.25, 0.3) is 5.91 Å². The summed E-state index contributed by atoms with van der Waals surface area (Å²) in [5.41, 5.74) is 3.88. The minimum atomic E-state index is -0.103. The van der Waals surface area contributed by atoms with Gasteiger partial charge in [0.05, 0.1) is 5.56 Å². The molecule has 1 N–H and O–H groups in total. The maximum absolute atomic E-state index is 13.4. The van der Waals surface area contributed by atoms with Crippen molar-refractivity contribution < 1.29 is 4.79 Å². The molecule has 0 fully saturated rings. The van der Waals surface area contributed by atoms with Crippen LogP contribution in [-0.2, 0) is 12.8 Å². The lowest BCUT2D eigenvalue weighted by molar-refractivity contribution is 0.102. The summed E-state index contributed by atoms with van der Waals surface area (Å²) < 4.78 is 1.18. The van der Waals surface area contributed by atoms with Gasteiger partial charge in [-0.3, -0.25) is 4.79 Å². The Morgan fingerprint density at radius 3 is 2.50 bits per heavy atom. The molecule has 1 heterocycles. The van der Waals surface area contributed by atoms with Crippen LogP contribution in [-0.4, -0.2) is 12.1 Å². The highest BCUT2D eigenvalue weighted by Crippen LogP contribution is 2.45. The Balaban J connectivity index is 1.69. The predicted molar refractivity (Wildman–Crippen MR) is 145 cm³/mol. The van der Waals surface area contributed by atoms with Crippen molar-refractivity contribution in [3.05, 3.63) is 78.7 Å². The second kappa shape index (κ2) is 9.65. The number of anilines is 1. The minimum absolute atomic E-state index is 0.103. The van der Waals surface area contributed by atoms with Crippen molar-refractivity contribution in [1.29, 1.82) is 0 Å². The fraction of sp³-hybridized carbons (Fsp3) is 0.308. The third-order valence-electron chi connectivity index (χ3n) is 6.00. The highest BCUT2D eigenvalue weighted by Gasteiger charge is 2.33. The van der Waals surface area contributed by atoms with Crippen molar-refractivity contribution in [3.63, 3.8) is 0 Å². The molecule has 0 radical (unpaired) electrons. The van der Waals surface area contributed by atoms with E-state index in [1.165, 1.54) is 8.45 Å². The number of carbonyl (C=O) groups excluding carboxylic acids is 1. The van der Waals surface area contributed by atoms with Gasteiger partial charge < -0.3 is 5.32 Å². The van der Waals surface area contributed by atoms with Gasteiger partial charge in [0, 0.05) is 25.4 Å². The van der Waals surface area contributed by atoms with E-state index in [0.717, 1.165) is 41.1 Å². The second-order valence-corrected chi connectivity index (χ2v) is 12.0. The molecule has 0 aliphatic heterocycles. The number of hydrogen-bond donors (Lipinski definition) is 1. The summed E-state index contributed by atoms with van der Waals surface area (Å²) in [6.07, 6.45) is 4.86. The Labute approximate surface area is 212 Å². The van der Waals surface area contributed by atoms with Crippen molar-refractivity contribution in [1.82, 2.24) is 0 Å². The Morgan fingerprint density at radius 2 is 1.84 bits per heavy atom. The Hall–Kier alpha value is -1.70. The van der Waals surface area contributed by atoms with Gasteiger partial charge in [0.15, 0.2) is 0 Å². The average Bonchev–Trinajstić information content (AvgIpc) is 3.12. The highest BCUT2D eigenvalue weighted by molar-refractivity contribution is 14.1. The molecule has 6 heteroatoms. The number of aliphatic imine (C=N–C) groups is 1. The van der Waals surface area contributed by atoms with E-state index < -0.39 is 0 Å². The summed E-state index contributed by atoms with van der Waals surface area (Å²) in [6.45, 7) is 6.92. The predicted octanol–water partition coefficient (Wildman–Crippen LogP) is 8.16. The SMILES string of the molecule is CC(C)(C)[C@H]1CCc2c(sc(N=Cc3ccc(I)cc3)c2C(=O)Nc2ccc(Cl)cc2)C1. The number of benzene rings is 2. The van der Waals surface area contributed by atoms with Crippen LogP contribution in [0.25, 0.3) is 0 Å². The number of fused-ring (bicyclic) bond motifs is 1. The van der Waals surface area contributed by atoms with Crippen LogP contribution in [0.15, 0.2) is 53.5 Å². The van der Waals surface area contributed by atoms with E-state index in [4.69, 9.17) is 16.6 Å². The zero-order valence-corrected chi connectivity index (χ0v) is 22.1. The molecule has 1 aromatic heterocycles. The van der Waals surface area contributed by atoms with Gasteiger partial charge in [-0.05, 0) is 101 Å². The number of carbonyl (C=O) groups is 1. The number of nitrogens with one attached hydrogen (secondary N) is 1. The summed E-state index contributed by atoms with van der Waals surface area (Å²) in [5, 5.41) is 4.48. The zero-order chi connectivity index (χ0) is 22.9. The van der Waals surface area contributed by atoms with Gasteiger partial charge in [0.2, 0.25) is 0 Å². The average molecular weight is 577 g/mol. The lowest BCUT2D eigenvalue weighted by Crippen LogP contribution is -2.27. The quantitative estimate of drug-likeness (QED) is 0.247. The fourth-order valence-corrected chi connectivity index (χ4v) is 5.80. The maximum atomic E-state index is 13.4. The number of rotatable bonds is 4. The van der Waals surface area contributed by atoms with E-state index in [1.807, 2.05) is 30.5 Å². The number of thiophene rings is 1. The van der Waals surface area contributed by atoms with Crippen LogP contribution < -0.4 is 5.32 Å². The molecule has 0 spiro atoms. The standard InChI is InChI=1S/C26H26ClIN2OS/c1-26(2,3)17-6-13-21-22(14-17)32-25(29-15-16-4-9-19(28)10-5-16)23(21)24(31)30-20-11-7-18(27)8-12-20/h4-5,7-12,15,17H,6,13-14H2,1-3H3,(H,30,31)/t17-/m0/s1. The van der Waals surface area contributed by atoms with Crippen molar-refractivity contribution in [3.8, 4) is 0 Å². The zero-order valence-electron chi connectivity index (χ0n) is 18.4. The first-order valence-corrected chi connectivity index (χ1v) is 13.0. The van der Waals surface area contributed by atoms with Crippen molar-refractivity contribution in [2.75, 3.05) is 5.32 Å². The highest BCUT2D eigenvalue weighted by atomic mass is 127. The molecule has 2 aromatic carbocycles. The second-order valence-electron chi connectivity index (χ2n) is 9.26. The first-order chi connectivity index (χ1) is 15.2. The number of hydrogen-bond acceptors (Lipinski definition) is 3. The van der Waals surface area contributed by atoms with Crippen molar-refractivity contribution >= 4 is 68.3 Å². The molecule has 3 aromatic rings. The smallest absolute Gasteiger partial charge is 0.259 e. The minimum Gasteiger partial charge on any atom is -0.322 e. The Bertz CT molecular complexity index is 1140. The third kappa shape index (κ3) is 5.43. The summed E-state index contributed by atoms with van der Waals surface area (Å²) >= 11 is 9.95. The first kappa shape index (κ1) is 23.5. The van der Waals surface area contributed by atoms with Gasteiger partial charge in [0.1, 0.15) is 5.00 Å². The van der Waals surface area contributed by atoms with Gasteiger partial charge >= 0.3 is 0 Å². The molecular formula is C26H26ClIN2OS. The number of halogens is 2. The summed E-state index contributed by atoms with van der Waals surface area (Å²) in [7, 11) is 0. The molecule has 0 saturated carbocycles. The van der Waals surface area contributed by atoms with Gasteiger partial charge in [-0.15, -0.1) is 11.3 Å². The number of amides is 1. The van der Waals surface area contributed by atoms with E-state index in [2.05, 4.69) is 60.8 Å². The van der Waals surface area contributed by atoms with Gasteiger partial charge in [-0.2, -0.15) is 0 Å². The normalized spacial score (nSPS) is 16.2. The molecule has 3 nitrogen and oxygen atoms in total. The van der Waals surface area contributed by atoms with Crippen molar-refractivity contribution in [2.45, 2.75) is 40.0 Å². The molecule has 1 aliphatic carbocycles.